The Balaban J connectivity index is 3.65. The smallest absolute Gasteiger partial charge is 0.319 e. The van der Waals surface area contributed by atoms with Crippen LogP contribution >= 0.6 is 0 Å². The van der Waals surface area contributed by atoms with Crippen molar-refractivity contribution in [1.29, 1.82) is 0 Å². The third-order valence-electron chi connectivity index (χ3n) is 1.01. The van der Waals surface area contributed by atoms with Gasteiger partial charge in [-0.25, -0.2) is 4.79 Å². The Labute approximate surface area is 72.7 Å². The standard InChI is InChI=1S/C8H16N2O2/c1-6(2)10-7(11)9-5-8(3,4)12/h12H,1,5H2,2-4H3,(H2,9,10,11). The molecule has 4 nitrogen and oxygen atoms in total. The molecular formula is C8H16N2O2. The van der Waals surface area contributed by atoms with Crippen LogP contribution in [-0.2, 0) is 0 Å². The SMILES string of the molecule is C=C(C)NC(=O)NCC(C)(C)O. The molecule has 0 bridgehead atoms. The largest absolute Gasteiger partial charge is 0.389 e. The summed E-state index contributed by atoms with van der Waals surface area (Å²) in [6.45, 7) is 8.64. The molecule has 0 heterocycles. The summed E-state index contributed by atoms with van der Waals surface area (Å²) < 4.78 is 0. The van der Waals surface area contributed by atoms with Gasteiger partial charge in [-0.1, -0.05) is 6.58 Å². The van der Waals surface area contributed by atoms with Gasteiger partial charge < -0.3 is 15.7 Å². The molecule has 2 amide bonds. The number of carbonyl (C=O) groups is 1. The first kappa shape index (κ1) is 11.0. The molecular weight excluding hydrogens is 156 g/mol. The Morgan fingerprint density at radius 1 is 1.58 bits per heavy atom. The van der Waals surface area contributed by atoms with Gasteiger partial charge in [0.05, 0.1) is 5.60 Å². The van der Waals surface area contributed by atoms with Gasteiger partial charge in [0.1, 0.15) is 0 Å². The van der Waals surface area contributed by atoms with E-state index in [4.69, 9.17) is 0 Å². The number of hydrogen-bond acceptors (Lipinski definition) is 2. The predicted octanol–water partition coefficient (Wildman–Crippen LogP) is 0.590. The quantitative estimate of drug-likeness (QED) is 0.583. The first-order valence-corrected chi connectivity index (χ1v) is 3.74. The average molecular weight is 172 g/mol. The fourth-order valence-electron chi connectivity index (χ4n) is 0.535. The summed E-state index contributed by atoms with van der Waals surface area (Å²) in [6, 6.07) is -0.343. The monoisotopic (exact) mass is 172 g/mol. The van der Waals surface area contributed by atoms with E-state index in [1.54, 1.807) is 20.8 Å². The summed E-state index contributed by atoms with van der Waals surface area (Å²) in [6.07, 6.45) is 0. The Morgan fingerprint density at radius 3 is 2.42 bits per heavy atom. The third-order valence-corrected chi connectivity index (χ3v) is 1.01. The Bertz CT molecular complexity index is 182. The minimum absolute atomic E-state index is 0.214. The van der Waals surface area contributed by atoms with Gasteiger partial charge in [0, 0.05) is 12.2 Å². The van der Waals surface area contributed by atoms with Crippen LogP contribution < -0.4 is 10.6 Å². The van der Waals surface area contributed by atoms with Crippen molar-refractivity contribution in [2.24, 2.45) is 0 Å². The molecule has 12 heavy (non-hydrogen) atoms. The second kappa shape index (κ2) is 4.11. The van der Waals surface area contributed by atoms with Crippen molar-refractivity contribution in [3.05, 3.63) is 12.3 Å². The van der Waals surface area contributed by atoms with Crippen molar-refractivity contribution in [3.8, 4) is 0 Å². The molecule has 0 radical (unpaired) electrons. The van der Waals surface area contributed by atoms with Crippen LogP contribution in [0.15, 0.2) is 12.3 Å². The van der Waals surface area contributed by atoms with Crippen molar-refractivity contribution >= 4 is 6.03 Å². The minimum Gasteiger partial charge on any atom is -0.389 e. The molecule has 0 saturated heterocycles. The van der Waals surface area contributed by atoms with Crippen LogP contribution in [0.2, 0.25) is 0 Å². The van der Waals surface area contributed by atoms with Crippen molar-refractivity contribution in [2.75, 3.05) is 6.54 Å². The van der Waals surface area contributed by atoms with E-state index in [0.29, 0.717) is 5.70 Å². The van der Waals surface area contributed by atoms with E-state index in [9.17, 15) is 9.90 Å². The molecule has 0 aliphatic heterocycles. The highest BCUT2D eigenvalue weighted by atomic mass is 16.3. The molecule has 0 aromatic carbocycles. The van der Waals surface area contributed by atoms with Crippen LogP contribution in [-0.4, -0.2) is 23.3 Å². The lowest BCUT2D eigenvalue weighted by Gasteiger charge is -2.17. The molecule has 0 aliphatic carbocycles. The molecule has 0 aromatic heterocycles. The number of amides is 2. The Kier molecular flexibility index (Phi) is 3.76. The zero-order valence-corrected chi connectivity index (χ0v) is 7.77. The van der Waals surface area contributed by atoms with E-state index in [2.05, 4.69) is 17.2 Å². The predicted molar refractivity (Wildman–Crippen MR) is 47.6 cm³/mol. The minimum atomic E-state index is -0.883. The van der Waals surface area contributed by atoms with Crippen molar-refractivity contribution < 1.29 is 9.90 Å². The third kappa shape index (κ3) is 7.08. The molecule has 0 rings (SSSR count). The van der Waals surface area contributed by atoms with Crippen molar-refractivity contribution in [1.82, 2.24) is 10.6 Å². The molecule has 0 aromatic rings. The lowest BCUT2D eigenvalue weighted by atomic mass is 10.1. The van der Waals surface area contributed by atoms with Gasteiger partial charge in [0.2, 0.25) is 0 Å². The van der Waals surface area contributed by atoms with Crippen molar-refractivity contribution in [2.45, 2.75) is 26.4 Å². The lowest BCUT2D eigenvalue weighted by molar-refractivity contribution is 0.0820. The van der Waals surface area contributed by atoms with Crippen LogP contribution in [0, 0.1) is 0 Å². The number of allylic oxidation sites excluding steroid dienone is 1. The number of rotatable bonds is 3. The topological polar surface area (TPSA) is 61.4 Å². The van der Waals surface area contributed by atoms with Crippen LogP contribution in [0.1, 0.15) is 20.8 Å². The number of carbonyl (C=O) groups excluding carboxylic acids is 1. The van der Waals surface area contributed by atoms with Gasteiger partial charge in [0.25, 0.3) is 0 Å². The number of nitrogens with one attached hydrogen (secondary N) is 2. The molecule has 4 heteroatoms. The zero-order chi connectivity index (χ0) is 9.78. The first-order valence-electron chi connectivity index (χ1n) is 3.74. The molecule has 70 valence electrons. The summed E-state index contributed by atoms with van der Waals surface area (Å²) in [5.74, 6) is 0. The van der Waals surface area contributed by atoms with Gasteiger partial charge in [-0.05, 0) is 20.8 Å². The maximum atomic E-state index is 10.9. The van der Waals surface area contributed by atoms with Crippen LogP contribution in [0.4, 0.5) is 4.79 Å². The van der Waals surface area contributed by atoms with Gasteiger partial charge >= 0.3 is 6.03 Å². The number of urea groups is 1. The number of hydrogen-bond donors (Lipinski definition) is 3. The molecule has 0 aliphatic rings. The summed E-state index contributed by atoms with van der Waals surface area (Å²) >= 11 is 0. The highest BCUT2D eigenvalue weighted by molar-refractivity contribution is 5.75. The fraction of sp³-hybridized carbons (Fsp3) is 0.625. The highest BCUT2D eigenvalue weighted by Crippen LogP contribution is 1.96. The molecule has 0 fully saturated rings. The zero-order valence-electron chi connectivity index (χ0n) is 7.77. The Morgan fingerprint density at radius 2 is 2.08 bits per heavy atom. The van der Waals surface area contributed by atoms with Gasteiger partial charge in [-0.15, -0.1) is 0 Å². The average Bonchev–Trinajstić information content (AvgIpc) is 1.80. The van der Waals surface area contributed by atoms with E-state index in [0.717, 1.165) is 0 Å². The van der Waals surface area contributed by atoms with Gasteiger partial charge in [-0.3, -0.25) is 0 Å². The van der Waals surface area contributed by atoms with Crippen molar-refractivity contribution in [3.63, 3.8) is 0 Å². The lowest BCUT2D eigenvalue weighted by Crippen LogP contribution is -2.42. The maximum absolute atomic E-state index is 10.9. The molecule has 3 N–H and O–H groups in total. The van der Waals surface area contributed by atoms with Crippen LogP contribution in [0.5, 0.6) is 0 Å². The van der Waals surface area contributed by atoms with Crippen LogP contribution in [0.3, 0.4) is 0 Å². The highest BCUT2D eigenvalue weighted by Gasteiger charge is 2.13. The molecule has 0 atom stereocenters. The summed E-state index contributed by atoms with van der Waals surface area (Å²) in [5, 5.41) is 14.2. The number of aliphatic hydroxyl groups is 1. The second-order valence-corrected chi connectivity index (χ2v) is 3.40. The normalized spacial score (nSPS) is 10.7. The summed E-state index contributed by atoms with van der Waals surface area (Å²) in [4.78, 5) is 10.9. The second-order valence-electron chi connectivity index (χ2n) is 3.40. The summed E-state index contributed by atoms with van der Waals surface area (Å²) in [7, 11) is 0. The van der Waals surface area contributed by atoms with E-state index in [1.165, 1.54) is 0 Å². The van der Waals surface area contributed by atoms with Gasteiger partial charge in [-0.2, -0.15) is 0 Å². The maximum Gasteiger partial charge on any atom is 0.319 e. The van der Waals surface area contributed by atoms with E-state index in [1.807, 2.05) is 0 Å². The Hall–Kier alpha value is -1.03. The van der Waals surface area contributed by atoms with E-state index < -0.39 is 5.60 Å². The summed E-state index contributed by atoms with van der Waals surface area (Å²) in [5.41, 5.74) is -0.310. The van der Waals surface area contributed by atoms with E-state index >= 15 is 0 Å². The van der Waals surface area contributed by atoms with E-state index in [-0.39, 0.29) is 12.6 Å². The molecule has 0 unspecified atom stereocenters. The fourth-order valence-corrected chi connectivity index (χ4v) is 0.535. The van der Waals surface area contributed by atoms with Gasteiger partial charge in [0.15, 0.2) is 0 Å². The van der Waals surface area contributed by atoms with Crippen LogP contribution in [0.25, 0.3) is 0 Å². The molecule has 0 spiro atoms. The first-order chi connectivity index (χ1) is 5.31. The molecule has 0 saturated carbocycles.